The maximum absolute atomic E-state index is 12.2. The lowest BCUT2D eigenvalue weighted by Gasteiger charge is -2.08. The smallest absolute Gasteiger partial charge is 0.265 e. The van der Waals surface area contributed by atoms with Crippen LogP contribution in [0.1, 0.15) is 5.69 Å². The zero-order chi connectivity index (χ0) is 15.6. The van der Waals surface area contributed by atoms with E-state index in [4.69, 9.17) is 27.9 Å². The molecule has 1 N–H and O–H groups in total. The zero-order valence-corrected chi connectivity index (χ0v) is 13.3. The number of ether oxygens (including phenoxy) is 1. The van der Waals surface area contributed by atoms with Gasteiger partial charge in [-0.25, -0.2) is 23.1 Å². The Labute approximate surface area is 131 Å². The molecule has 112 valence electrons. The highest BCUT2D eigenvalue weighted by atomic mass is 35.5. The van der Waals surface area contributed by atoms with Crippen LogP contribution in [0.2, 0.25) is 10.2 Å². The topological polar surface area (TPSA) is 94.1 Å². The van der Waals surface area contributed by atoms with Crippen LogP contribution in [0.3, 0.4) is 0 Å². The molecule has 0 radical (unpaired) electrons. The van der Waals surface area contributed by atoms with Crippen LogP contribution in [0.25, 0.3) is 0 Å². The summed E-state index contributed by atoms with van der Waals surface area (Å²) in [5.41, 5.74) is 0.548. The van der Waals surface area contributed by atoms with Gasteiger partial charge in [0.2, 0.25) is 11.8 Å². The highest BCUT2D eigenvalue weighted by Crippen LogP contribution is 2.23. The average molecular weight is 349 g/mol. The van der Waals surface area contributed by atoms with Crippen molar-refractivity contribution in [3.05, 3.63) is 34.2 Å². The first kappa shape index (κ1) is 15.7. The summed E-state index contributed by atoms with van der Waals surface area (Å²) in [5.74, 6) is 0.130. The normalized spacial score (nSPS) is 11.2. The molecule has 7 nitrogen and oxygen atoms in total. The van der Waals surface area contributed by atoms with Crippen LogP contribution in [-0.2, 0) is 10.0 Å². The predicted molar refractivity (Wildman–Crippen MR) is 78.4 cm³/mol. The van der Waals surface area contributed by atoms with Crippen LogP contribution in [-0.4, -0.2) is 30.5 Å². The number of pyridine rings is 1. The number of methoxy groups -OCH3 is 1. The maximum atomic E-state index is 12.2. The second-order valence-electron chi connectivity index (χ2n) is 3.92. The van der Waals surface area contributed by atoms with E-state index in [0.29, 0.717) is 5.69 Å². The van der Waals surface area contributed by atoms with Crippen LogP contribution < -0.4 is 9.46 Å². The molecule has 0 saturated heterocycles. The third-order valence-corrected chi connectivity index (χ3v) is 4.33. The molecule has 0 saturated carbocycles. The minimum Gasteiger partial charge on any atom is -0.481 e. The molecule has 0 amide bonds. The Bertz CT molecular complexity index is 783. The summed E-state index contributed by atoms with van der Waals surface area (Å²) in [7, 11) is -2.51. The van der Waals surface area contributed by atoms with Crippen LogP contribution in [0.4, 0.5) is 5.95 Å². The summed E-state index contributed by atoms with van der Waals surface area (Å²) in [6.45, 7) is 1.68. The van der Waals surface area contributed by atoms with Crippen molar-refractivity contribution in [1.82, 2.24) is 15.0 Å². The number of aromatic nitrogens is 3. The van der Waals surface area contributed by atoms with Gasteiger partial charge >= 0.3 is 0 Å². The molecule has 0 bridgehead atoms. The van der Waals surface area contributed by atoms with E-state index in [0.717, 1.165) is 6.20 Å². The lowest BCUT2D eigenvalue weighted by atomic mass is 10.4. The molecule has 0 aliphatic carbocycles. The van der Waals surface area contributed by atoms with Crippen molar-refractivity contribution >= 4 is 39.2 Å². The van der Waals surface area contributed by atoms with Crippen molar-refractivity contribution in [2.75, 3.05) is 11.8 Å². The number of halogens is 2. The fraction of sp³-hybridized carbons (Fsp3) is 0.182. The SMILES string of the molecule is COc1cc(C)nc(NS(=O)(=O)c2cnc(Cl)c(Cl)c2)n1. The number of anilines is 1. The minimum atomic E-state index is -3.93. The van der Waals surface area contributed by atoms with Crippen molar-refractivity contribution in [3.8, 4) is 5.88 Å². The van der Waals surface area contributed by atoms with Crippen molar-refractivity contribution in [2.45, 2.75) is 11.8 Å². The molecule has 0 aliphatic rings. The quantitative estimate of drug-likeness (QED) is 0.851. The number of hydrogen-bond acceptors (Lipinski definition) is 6. The van der Waals surface area contributed by atoms with Gasteiger partial charge in [0.25, 0.3) is 10.0 Å². The lowest BCUT2D eigenvalue weighted by Crippen LogP contribution is -2.16. The summed E-state index contributed by atoms with van der Waals surface area (Å²) in [6, 6.07) is 2.75. The molecule has 10 heteroatoms. The second kappa shape index (κ2) is 6.00. The Hall–Kier alpha value is -1.64. The Morgan fingerprint density at radius 3 is 2.57 bits per heavy atom. The van der Waals surface area contributed by atoms with Crippen molar-refractivity contribution in [3.63, 3.8) is 0 Å². The molecular weight excluding hydrogens is 339 g/mol. The van der Waals surface area contributed by atoms with Crippen LogP contribution in [0, 0.1) is 6.92 Å². The molecule has 0 atom stereocenters. The number of rotatable bonds is 4. The number of sulfonamides is 1. The van der Waals surface area contributed by atoms with Gasteiger partial charge in [0, 0.05) is 18.0 Å². The lowest BCUT2D eigenvalue weighted by molar-refractivity contribution is 0.397. The van der Waals surface area contributed by atoms with E-state index < -0.39 is 10.0 Å². The summed E-state index contributed by atoms with van der Waals surface area (Å²) >= 11 is 11.4. The zero-order valence-electron chi connectivity index (χ0n) is 11.0. The fourth-order valence-electron chi connectivity index (χ4n) is 1.42. The van der Waals surface area contributed by atoms with Gasteiger partial charge in [0.1, 0.15) is 10.0 Å². The van der Waals surface area contributed by atoms with E-state index in [1.807, 2.05) is 0 Å². The molecule has 21 heavy (non-hydrogen) atoms. The number of nitrogens with zero attached hydrogens (tertiary/aromatic N) is 3. The Morgan fingerprint density at radius 2 is 1.95 bits per heavy atom. The summed E-state index contributed by atoms with van der Waals surface area (Å²) in [4.78, 5) is 11.4. The van der Waals surface area contributed by atoms with Gasteiger partial charge < -0.3 is 4.74 Å². The van der Waals surface area contributed by atoms with Crippen molar-refractivity contribution in [1.29, 1.82) is 0 Å². The van der Waals surface area contributed by atoms with E-state index >= 15 is 0 Å². The van der Waals surface area contributed by atoms with Gasteiger partial charge in [-0.3, -0.25) is 0 Å². The Balaban J connectivity index is 2.37. The van der Waals surface area contributed by atoms with Gasteiger partial charge in [0.15, 0.2) is 0 Å². The van der Waals surface area contributed by atoms with Crippen LogP contribution in [0.5, 0.6) is 5.88 Å². The summed E-state index contributed by atoms with van der Waals surface area (Å²) < 4.78 is 31.6. The Morgan fingerprint density at radius 1 is 1.24 bits per heavy atom. The minimum absolute atomic E-state index is 0.0177. The number of aryl methyl sites for hydroxylation is 1. The fourth-order valence-corrected chi connectivity index (χ4v) is 2.67. The molecule has 0 aromatic carbocycles. The molecule has 0 unspecified atom stereocenters. The summed E-state index contributed by atoms with van der Waals surface area (Å²) in [5, 5.41) is 0.0476. The predicted octanol–water partition coefficient (Wildman–Crippen LogP) is 2.30. The third-order valence-electron chi connectivity index (χ3n) is 2.35. The first-order valence-electron chi connectivity index (χ1n) is 5.55. The van der Waals surface area contributed by atoms with E-state index in [1.165, 1.54) is 13.2 Å². The Kier molecular flexibility index (Phi) is 4.50. The van der Waals surface area contributed by atoms with Crippen molar-refractivity contribution < 1.29 is 13.2 Å². The van der Waals surface area contributed by atoms with Crippen molar-refractivity contribution in [2.24, 2.45) is 0 Å². The third kappa shape index (κ3) is 3.72. The summed E-state index contributed by atoms with van der Waals surface area (Å²) in [6.07, 6.45) is 1.09. The van der Waals surface area contributed by atoms with E-state index in [9.17, 15) is 8.42 Å². The molecule has 0 spiro atoms. The van der Waals surface area contributed by atoms with Gasteiger partial charge in [0.05, 0.1) is 12.1 Å². The molecule has 0 aliphatic heterocycles. The molecule has 2 rings (SSSR count). The van der Waals surface area contributed by atoms with Gasteiger partial charge in [-0.1, -0.05) is 23.2 Å². The van der Waals surface area contributed by atoms with E-state index in [2.05, 4.69) is 19.7 Å². The van der Waals surface area contributed by atoms with Gasteiger partial charge in [-0.15, -0.1) is 0 Å². The number of hydrogen-bond donors (Lipinski definition) is 1. The van der Waals surface area contributed by atoms with Crippen LogP contribution in [0.15, 0.2) is 23.2 Å². The molecule has 2 aromatic rings. The molecular formula is C11H10Cl2N4O3S. The first-order valence-corrected chi connectivity index (χ1v) is 7.79. The first-order chi connectivity index (χ1) is 9.81. The molecule has 2 heterocycles. The second-order valence-corrected chi connectivity index (χ2v) is 6.37. The monoisotopic (exact) mass is 348 g/mol. The highest BCUT2D eigenvalue weighted by Gasteiger charge is 2.18. The molecule has 2 aromatic heterocycles. The van der Waals surface area contributed by atoms with E-state index in [-0.39, 0.29) is 26.9 Å². The molecule has 0 fully saturated rings. The standard InChI is InChI=1S/C11H10Cl2N4O3S/c1-6-3-9(20-2)16-11(15-6)17-21(18,19)7-4-8(12)10(13)14-5-7/h3-5H,1-2H3,(H,15,16,17). The maximum Gasteiger partial charge on any atom is 0.265 e. The highest BCUT2D eigenvalue weighted by molar-refractivity contribution is 7.92. The largest absolute Gasteiger partial charge is 0.481 e. The number of nitrogens with one attached hydrogen (secondary N) is 1. The van der Waals surface area contributed by atoms with Crippen LogP contribution >= 0.6 is 23.2 Å². The van der Waals surface area contributed by atoms with Gasteiger partial charge in [-0.2, -0.15) is 4.98 Å². The van der Waals surface area contributed by atoms with Gasteiger partial charge in [-0.05, 0) is 13.0 Å². The average Bonchev–Trinajstić information content (AvgIpc) is 2.40. The van der Waals surface area contributed by atoms with E-state index in [1.54, 1.807) is 13.0 Å².